The molecule has 2 heterocycles. The first-order valence-corrected chi connectivity index (χ1v) is 8.90. The van der Waals surface area contributed by atoms with Crippen LogP contribution >= 0.6 is 0 Å². The molecular formula is C18H23N5O5. The summed E-state index contributed by atoms with van der Waals surface area (Å²) in [5.41, 5.74) is 0.120. The molecule has 1 aliphatic rings. The highest BCUT2D eigenvalue weighted by Crippen LogP contribution is 2.28. The molecule has 0 saturated carbocycles. The van der Waals surface area contributed by atoms with Crippen molar-refractivity contribution in [1.29, 1.82) is 0 Å². The first kappa shape index (κ1) is 19.8. The van der Waals surface area contributed by atoms with Crippen LogP contribution < -0.4 is 20.5 Å². The van der Waals surface area contributed by atoms with Gasteiger partial charge in [-0.25, -0.2) is 0 Å². The Morgan fingerprint density at radius 1 is 1.18 bits per heavy atom. The van der Waals surface area contributed by atoms with Crippen LogP contribution in [0.2, 0.25) is 0 Å². The van der Waals surface area contributed by atoms with Crippen molar-refractivity contribution in [2.45, 2.75) is 19.8 Å². The van der Waals surface area contributed by atoms with Gasteiger partial charge >= 0.3 is 0 Å². The second kappa shape index (κ2) is 8.81. The maximum absolute atomic E-state index is 12.7. The molecule has 10 nitrogen and oxygen atoms in total. The van der Waals surface area contributed by atoms with Gasteiger partial charge in [0.2, 0.25) is 11.6 Å². The van der Waals surface area contributed by atoms with Crippen molar-refractivity contribution >= 4 is 17.5 Å². The van der Waals surface area contributed by atoms with Crippen LogP contribution in [-0.2, 0) is 16.0 Å². The lowest BCUT2D eigenvalue weighted by Gasteiger charge is -2.17. The molecule has 0 unspecified atom stereocenters. The summed E-state index contributed by atoms with van der Waals surface area (Å²) in [7, 11) is 2.92. The van der Waals surface area contributed by atoms with Crippen molar-refractivity contribution in [2.24, 2.45) is 0 Å². The van der Waals surface area contributed by atoms with Gasteiger partial charge in [-0.15, -0.1) is 10.2 Å². The highest BCUT2D eigenvalue weighted by molar-refractivity contribution is 5.91. The van der Waals surface area contributed by atoms with Crippen molar-refractivity contribution < 1.29 is 19.0 Å². The van der Waals surface area contributed by atoms with Gasteiger partial charge < -0.3 is 24.4 Å². The molecule has 2 aromatic rings. The molecular weight excluding hydrogens is 366 g/mol. The summed E-state index contributed by atoms with van der Waals surface area (Å²) < 4.78 is 16.9. The Bertz CT molecular complexity index is 879. The minimum absolute atomic E-state index is 0.0903. The van der Waals surface area contributed by atoms with Crippen molar-refractivity contribution in [3.63, 3.8) is 0 Å². The minimum Gasteiger partial charge on any atom is -0.494 e. The number of amides is 1. The number of methoxy groups -OCH3 is 2. The Kier molecular flexibility index (Phi) is 6.22. The van der Waals surface area contributed by atoms with E-state index in [9.17, 15) is 9.59 Å². The van der Waals surface area contributed by atoms with E-state index >= 15 is 0 Å². The lowest BCUT2D eigenvalue weighted by Crippen LogP contribution is -2.39. The fraction of sp³-hybridized carbons (Fsp3) is 0.444. The first-order chi connectivity index (χ1) is 13.6. The Balaban J connectivity index is 1.78. The fourth-order valence-electron chi connectivity index (χ4n) is 2.91. The topological polar surface area (TPSA) is 108 Å². The molecule has 28 heavy (non-hydrogen) atoms. The zero-order valence-corrected chi connectivity index (χ0v) is 16.0. The summed E-state index contributed by atoms with van der Waals surface area (Å²) in [6.45, 7) is 3.57. The van der Waals surface area contributed by atoms with Gasteiger partial charge in [-0.05, 0) is 31.2 Å². The van der Waals surface area contributed by atoms with E-state index in [4.69, 9.17) is 14.2 Å². The lowest BCUT2D eigenvalue weighted by atomic mass is 10.3. The number of rotatable bonds is 8. The van der Waals surface area contributed by atoms with Crippen LogP contribution in [0.25, 0.3) is 0 Å². The summed E-state index contributed by atoms with van der Waals surface area (Å²) in [4.78, 5) is 26.9. The van der Waals surface area contributed by atoms with Crippen molar-refractivity contribution in [3.05, 3.63) is 40.3 Å². The molecule has 0 aliphatic carbocycles. The monoisotopic (exact) mass is 389 g/mol. The van der Waals surface area contributed by atoms with Crippen LogP contribution in [0.3, 0.4) is 0 Å². The molecule has 0 saturated heterocycles. The van der Waals surface area contributed by atoms with Gasteiger partial charge in [-0.1, -0.05) is 0 Å². The van der Waals surface area contributed by atoms with Gasteiger partial charge in [0.05, 0.1) is 13.2 Å². The van der Waals surface area contributed by atoms with Gasteiger partial charge in [0.15, 0.2) is 6.29 Å². The third kappa shape index (κ3) is 3.97. The van der Waals surface area contributed by atoms with E-state index in [1.807, 2.05) is 36.1 Å². The van der Waals surface area contributed by atoms with Crippen LogP contribution in [-0.4, -0.2) is 60.9 Å². The maximum Gasteiger partial charge on any atom is 0.286 e. The number of carbonyl (C=O) groups is 1. The van der Waals surface area contributed by atoms with E-state index in [0.29, 0.717) is 25.6 Å². The molecule has 0 fully saturated rings. The largest absolute Gasteiger partial charge is 0.494 e. The number of ether oxygens (including phenoxy) is 3. The number of hydrogen-bond acceptors (Lipinski definition) is 8. The van der Waals surface area contributed by atoms with E-state index in [0.717, 1.165) is 11.4 Å². The summed E-state index contributed by atoms with van der Waals surface area (Å²) in [6.07, 6.45) is -0.607. The number of benzene rings is 1. The first-order valence-electron chi connectivity index (χ1n) is 8.90. The predicted octanol–water partition coefficient (Wildman–Crippen LogP) is 0.537. The summed E-state index contributed by atoms with van der Waals surface area (Å²) >= 11 is 0. The Morgan fingerprint density at radius 2 is 1.89 bits per heavy atom. The molecule has 3 rings (SSSR count). The van der Waals surface area contributed by atoms with Crippen molar-refractivity contribution in [3.8, 4) is 5.75 Å². The molecule has 1 amide bonds. The van der Waals surface area contributed by atoms with E-state index in [1.54, 1.807) is 0 Å². The standard InChI is InChI=1S/C18H23N5O5/c1-4-28-13-7-5-12(6-8-13)22-9-10-23-17(25)15(20-21-18(22)23)16(24)19-11-14(26-2)27-3/h5-8,14H,4,9-11H2,1-3H3,(H,19,24). The van der Waals surface area contributed by atoms with Crippen molar-refractivity contribution in [2.75, 3.05) is 38.8 Å². The van der Waals surface area contributed by atoms with Gasteiger partial charge in [-0.2, -0.15) is 0 Å². The molecule has 0 atom stereocenters. The fourth-order valence-corrected chi connectivity index (χ4v) is 2.91. The predicted molar refractivity (Wildman–Crippen MR) is 101 cm³/mol. The Morgan fingerprint density at radius 3 is 2.54 bits per heavy atom. The molecule has 1 aliphatic heterocycles. The van der Waals surface area contributed by atoms with Crippen molar-refractivity contribution in [1.82, 2.24) is 20.1 Å². The van der Waals surface area contributed by atoms with Gasteiger partial charge in [0.1, 0.15) is 5.75 Å². The molecule has 0 spiro atoms. The second-order valence-corrected chi connectivity index (χ2v) is 5.99. The van der Waals surface area contributed by atoms with Crippen LogP contribution in [0.5, 0.6) is 5.75 Å². The number of hydrogen-bond donors (Lipinski definition) is 1. The molecule has 150 valence electrons. The number of fused-ring (bicyclic) bond motifs is 1. The van der Waals surface area contributed by atoms with E-state index in [1.165, 1.54) is 18.8 Å². The van der Waals surface area contributed by atoms with E-state index < -0.39 is 17.8 Å². The van der Waals surface area contributed by atoms with Crippen LogP contribution in [0.15, 0.2) is 29.1 Å². The van der Waals surface area contributed by atoms with Crippen LogP contribution in [0.1, 0.15) is 17.4 Å². The molecule has 1 N–H and O–H groups in total. The molecule has 1 aromatic carbocycles. The average Bonchev–Trinajstić information content (AvgIpc) is 3.15. The SMILES string of the molecule is CCOc1ccc(N2CCn3c2nnc(C(=O)NCC(OC)OC)c3=O)cc1. The Labute approximate surface area is 162 Å². The summed E-state index contributed by atoms with van der Waals surface area (Å²) in [6, 6.07) is 7.50. The number of carbonyl (C=O) groups excluding carboxylic acids is 1. The zero-order valence-electron chi connectivity index (χ0n) is 16.0. The average molecular weight is 389 g/mol. The third-order valence-corrected chi connectivity index (χ3v) is 4.35. The van der Waals surface area contributed by atoms with Gasteiger partial charge in [-0.3, -0.25) is 14.2 Å². The van der Waals surface area contributed by atoms with Gasteiger partial charge in [0.25, 0.3) is 11.5 Å². The smallest absolute Gasteiger partial charge is 0.286 e. The Hall–Kier alpha value is -2.98. The molecule has 0 radical (unpaired) electrons. The third-order valence-electron chi connectivity index (χ3n) is 4.35. The summed E-state index contributed by atoms with van der Waals surface area (Å²) in [5.74, 6) is 0.551. The van der Waals surface area contributed by atoms with Crippen LogP contribution in [0.4, 0.5) is 11.6 Å². The lowest BCUT2D eigenvalue weighted by molar-refractivity contribution is -0.0974. The van der Waals surface area contributed by atoms with E-state index in [2.05, 4.69) is 15.5 Å². The van der Waals surface area contributed by atoms with Gasteiger partial charge in [0, 0.05) is 33.0 Å². The number of anilines is 2. The van der Waals surface area contributed by atoms with E-state index in [-0.39, 0.29) is 12.2 Å². The number of nitrogens with one attached hydrogen (secondary N) is 1. The molecule has 1 aromatic heterocycles. The highest BCUT2D eigenvalue weighted by atomic mass is 16.7. The molecule has 0 bridgehead atoms. The summed E-state index contributed by atoms with van der Waals surface area (Å²) in [5, 5.41) is 10.5. The normalized spacial score (nSPS) is 12.9. The van der Waals surface area contributed by atoms with Crippen LogP contribution in [0, 0.1) is 0 Å². The molecule has 10 heteroatoms. The minimum atomic E-state index is -0.619. The quantitative estimate of drug-likeness (QED) is 0.652. The number of aromatic nitrogens is 3. The highest BCUT2D eigenvalue weighted by Gasteiger charge is 2.27. The second-order valence-electron chi connectivity index (χ2n) is 5.99. The number of nitrogens with zero attached hydrogens (tertiary/aromatic N) is 4. The zero-order chi connectivity index (χ0) is 20.1. The maximum atomic E-state index is 12.7.